The zero-order valence-electron chi connectivity index (χ0n) is 17.5. The van der Waals surface area contributed by atoms with Crippen LogP contribution in [0.15, 0.2) is 54.6 Å². The number of benzene rings is 2. The molecule has 0 spiro atoms. The molecule has 4 rings (SSSR count). The fourth-order valence-corrected chi connectivity index (χ4v) is 4.54. The Labute approximate surface area is 203 Å². The summed E-state index contributed by atoms with van der Waals surface area (Å²) >= 11 is 12.1. The molecule has 0 radical (unpaired) electrons. The van der Waals surface area contributed by atoms with Gasteiger partial charge in [0.25, 0.3) is 23.4 Å². The number of nitro groups is 1. The topological polar surface area (TPSA) is 118 Å². The number of ketones is 1. The molecule has 2 aliphatic rings. The van der Waals surface area contributed by atoms with Crippen molar-refractivity contribution in [2.45, 2.75) is 12.8 Å². The highest BCUT2D eigenvalue weighted by molar-refractivity contribution is 6.36. The quantitative estimate of drug-likeness (QED) is 0.193. The summed E-state index contributed by atoms with van der Waals surface area (Å²) in [5, 5.41) is 12.7. The van der Waals surface area contributed by atoms with Gasteiger partial charge in [-0.2, -0.15) is 5.01 Å². The molecule has 0 bridgehead atoms. The zero-order chi connectivity index (χ0) is 24.6. The van der Waals surface area contributed by atoms with Gasteiger partial charge in [0.15, 0.2) is 5.78 Å². The average Bonchev–Trinajstić information content (AvgIpc) is 3.07. The Bertz CT molecular complexity index is 1220. The summed E-state index contributed by atoms with van der Waals surface area (Å²) in [6.45, 7) is -0.653. The fraction of sp³-hybridized carbons (Fsp3) is 0.217. The lowest BCUT2D eigenvalue weighted by Crippen LogP contribution is -2.52. The van der Waals surface area contributed by atoms with Crippen molar-refractivity contribution >= 4 is 52.4 Å². The Morgan fingerprint density at radius 1 is 1.00 bits per heavy atom. The molecule has 2 aromatic carbocycles. The van der Waals surface area contributed by atoms with E-state index in [1.54, 1.807) is 12.2 Å². The number of carbonyl (C=O) groups is 4. The van der Waals surface area contributed by atoms with Gasteiger partial charge in [-0.25, -0.2) is 5.01 Å². The Hall–Kier alpha value is -3.56. The highest BCUT2D eigenvalue weighted by atomic mass is 35.5. The molecule has 1 aliphatic carbocycles. The molecule has 2 aromatic rings. The minimum Gasteiger partial charge on any atom is -0.292 e. The normalized spacial score (nSPS) is 19.2. The number of hydrogen-bond acceptors (Lipinski definition) is 6. The summed E-state index contributed by atoms with van der Waals surface area (Å²) in [4.78, 5) is 63.0. The summed E-state index contributed by atoms with van der Waals surface area (Å²) in [7, 11) is 0. The van der Waals surface area contributed by atoms with Gasteiger partial charge in [-0.1, -0.05) is 35.4 Å². The molecule has 34 heavy (non-hydrogen) atoms. The fourth-order valence-electron chi connectivity index (χ4n) is 4.05. The maximum absolute atomic E-state index is 13.5. The van der Waals surface area contributed by atoms with E-state index in [-0.39, 0.29) is 26.9 Å². The number of halogens is 2. The van der Waals surface area contributed by atoms with Crippen LogP contribution in [0.5, 0.6) is 0 Å². The maximum atomic E-state index is 13.5. The molecule has 0 unspecified atom stereocenters. The number of nitro benzene ring substituents is 1. The molecule has 0 N–H and O–H groups in total. The summed E-state index contributed by atoms with van der Waals surface area (Å²) < 4.78 is 0. The van der Waals surface area contributed by atoms with Gasteiger partial charge in [0.1, 0.15) is 6.54 Å². The first-order chi connectivity index (χ1) is 16.2. The number of allylic oxidation sites excluding steroid dienone is 2. The number of non-ortho nitro benzene ring substituents is 1. The van der Waals surface area contributed by atoms with Crippen molar-refractivity contribution in [3.05, 3.63) is 85.9 Å². The molecule has 0 aromatic heterocycles. The van der Waals surface area contributed by atoms with Gasteiger partial charge in [0.2, 0.25) is 0 Å². The van der Waals surface area contributed by atoms with Crippen molar-refractivity contribution < 1.29 is 24.1 Å². The lowest BCUT2D eigenvalue weighted by atomic mass is 9.85. The Morgan fingerprint density at radius 2 is 1.59 bits per heavy atom. The van der Waals surface area contributed by atoms with E-state index < -0.39 is 46.8 Å². The minimum absolute atomic E-state index is 0.0107. The minimum atomic E-state index is -0.828. The zero-order valence-corrected chi connectivity index (χ0v) is 19.0. The summed E-state index contributed by atoms with van der Waals surface area (Å²) in [6.07, 6.45) is 4.32. The Morgan fingerprint density at radius 3 is 2.12 bits per heavy atom. The van der Waals surface area contributed by atoms with E-state index in [4.69, 9.17) is 23.2 Å². The van der Waals surface area contributed by atoms with Crippen molar-refractivity contribution in [2.75, 3.05) is 6.54 Å². The van der Waals surface area contributed by atoms with E-state index in [1.165, 1.54) is 30.3 Å². The Balaban J connectivity index is 1.70. The van der Waals surface area contributed by atoms with Crippen molar-refractivity contribution in [1.82, 2.24) is 10.0 Å². The van der Waals surface area contributed by atoms with Gasteiger partial charge in [-0.15, -0.1) is 0 Å². The number of Topliss-reactive ketones (excluding diaryl/α,β-unsaturated/α-hetero) is 1. The smallest absolute Gasteiger partial charge is 0.274 e. The Kier molecular flexibility index (Phi) is 6.49. The second-order valence-electron chi connectivity index (χ2n) is 7.86. The van der Waals surface area contributed by atoms with E-state index in [0.29, 0.717) is 12.8 Å². The molecular formula is C23H17Cl2N3O6. The largest absolute Gasteiger partial charge is 0.292 e. The van der Waals surface area contributed by atoms with Crippen LogP contribution in [-0.4, -0.2) is 45.0 Å². The predicted octanol–water partition coefficient (Wildman–Crippen LogP) is 4.09. The molecule has 3 amide bonds. The number of amides is 3. The standard InChI is InChI=1S/C23H17Cl2N3O6/c24-14-7-10-18(19(25)11-14)21(30)26(12-20(29)13-5-8-15(9-6-13)28(33)34)27-22(31)16-3-1-2-4-17(16)23(27)32/h1-2,5-11,16-17H,3-4,12H2/t16-,17+. The number of hydrogen-bond donors (Lipinski definition) is 0. The van der Waals surface area contributed by atoms with Crippen LogP contribution in [0.4, 0.5) is 5.69 Å². The number of rotatable bonds is 6. The van der Waals surface area contributed by atoms with E-state index in [0.717, 1.165) is 22.2 Å². The number of carbonyl (C=O) groups excluding carboxylic acids is 4. The van der Waals surface area contributed by atoms with Gasteiger partial charge < -0.3 is 0 Å². The van der Waals surface area contributed by atoms with Crippen LogP contribution >= 0.6 is 23.2 Å². The molecular weight excluding hydrogens is 485 g/mol. The van der Waals surface area contributed by atoms with Gasteiger partial charge in [-0.05, 0) is 43.2 Å². The third-order valence-electron chi connectivity index (χ3n) is 5.82. The first-order valence-corrected chi connectivity index (χ1v) is 11.0. The molecule has 174 valence electrons. The van der Waals surface area contributed by atoms with Gasteiger partial charge in [0, 0.05) is 22.7 Å². The maximum Gasteiger partial charge on any atom is 0.274 e. The average molecular weight is 502 g/mol. The van der Waals surface area contributed by atoms with E-state index >= 15 is 0 Å². The summed E-state index contributed by atoms with van der Waals surface area (Å²) in [5.41, 5.74) is -0.182. The SMILES string of the molecule is O=C(CN(C(=O)c1ccc(Cl)cc1Cl)N1C(=O)[C@H]2CC=CC[C@H]2C1=O)c1ccc([N+](=O)[O-])cc1. The van der Waals surface area contributed by atoms with Crippen molar-refractivity contribution in [3.8, 4) is 0 Å². The number of hydrazine groups is 1. The third kappa shape index (κ3) is 4.32. The van der Waals surface area contributed by atoms with E-state index in [1.807, 2.05) is 0 Å². The van der Waals surface area contributed by atoms with Crippen LogP contribution in [0.25, 0.3) is 0 Å². The van der Waals surface area contributed by atoms with Crippen LogP contribution in [0.1, 0.15) is 33.6 Å². The third-order valence-corrected chi connectivity index (χ3v) is 6.36. The molecule has 2 atom stereocenters. The second kappa shape index (κ2) is 9.36. The molecule has 9 nitrogen and oxygen atoms in total. The van der Waals surface area contributed by atoms with Crippen LogP contribution in [0, 0.1) is 22.0 Å². The molecule has 1 fully saturated rings. The summed E-state index contributed by atoms with van der Waals surface area (Å²) in [6, 6.07) is 8.91. The predicted molar refractivity (Wildman–Crippen MR) is 122 cm³/mol. The van der Waals surface area contributed by atoms with Gasteiger partial charge in [0.05, 0.1) is 27.3 Å². The summed E-state index contributed by atoms with van der Waals surface area (Å²) in [5.74, 6) is -3.85. The van der Waals surface area contributed by atoms with Crippen molar-refractivity contribution in [1.29, 1.82) is 0 Å². The van der Waals surface area contributed by atoms with E-state index in [9.17, 15) is 29.3 Å². The van der Waals surface area contributed by atoms with Gasteiger partial charge >= 0.3 is 0 Å². The number of nitrogens with zero attached hydrogens (tertiary/aromatic N) is 3. The van der Waals surface area contributed by atoms with Gasteiger partial charge in [-0.3, -0.25) is 29.3 Å². The van der Waals surface area contributed by atoms with Crippen LogP contribution in [-0.2, 0) is 9.59 Å². The first-order valence-electron chi connectivity index (χ1n) is 10.3. The molecule has 1 heterocycles. The van der Waals surface area contributed by atoms with E-state index in [2.05, 4.69) is 0 Å². The lowest BCUT2D eigenvalue weighted by molar-refractivity contribution is -0.384. The van der Waals surface area contributed by atoms with Crippen LogP contribution in [0.3, 0.4) is 0 Å². The van der Waals surface area contributed by atoms with Crippen molar-refractivity contribution in [3.63, 3.8) is 0 Å². The second-order valence-corrected chi connectivity index (χ2v) is 8.70. The first kappa shape index (κ1) is 23.6. The monoisotopic (exact) mass is 501 g/mol. The molecule has 1 saturated heterocycles. The lowest BCUT2D eigenvalue weighted by Gasteiger charge is -2.30. The molecule has 11 heteroatoms. The number of fused-ring (bicyclic) bond motifs is 1. The highest BCUT2D eigenvalue weighted by Crippen LogP contribution is 2.36. The molecule has 1 aliphatic heterocycles. The highest BCUT2D eigenvalue weighted by Gasteiger charge is 2.51. The number of imide groups is 1. The van der Waals surface area contributed by atoms with Crippen LogP contribution in [0.2, 0.25) is 10.0 Å². The molecule has 0 saturated carbocycles. The van der Waals surface area contributed by atoms with Crippen molar-refractivity contribution in [2.24, 2.45) is 11.8 Å². The van der Waals surface area contributed by atoms with Crippen LogP contribution < -0.4 is 0 Å².